The van der Waals surface area contributed by atoms with Crippen LogP contribution in [0.5, 0.6) is 5.75 Å². The van der Waals surface area contributed by atoms with Crippen LogP contribution in [0.1, 0.15) is 25.5 Å². The van der Waals surface area contributed by atoms with Crippen molar-refractivity contribution < 1.29 is 9.84 Å². The van der Waals surface area contributed by atoms with Gasteiger partial charge >= 0.3 is 0 Å². The van der Waals surface area contributed by atoms with Crippen molar-refractivity contribution in [2.75, 3.05) is 0 Å². The lowest BCUT2D eigenvalue weighted by Gasteiger charge is -2.12. The molecule has 17 heavy (non-hydrogen) atoms. The normalized spacial score (nSPS) is 17.4. The minimum Gasteiger partial charge on any atom is -0.488 e. The van der Waals surface area contributed by atoms with Crippen molar-refractivity contribution in [2.45, 2.75) is 39.0 Å². The van der Waals surface area contributed by atoms with Gasteiger partial charge in [-0.25, -0.2) is 4.68 Å². The van der Waals surface area contributed by atoms with Gasteiger partial charge in [0.1, 0.15) is 18.1 Å². The van der Waals surface area contributed by atoms with Gasteiger partial charge in [0.2, 0.25) is 0 Å². The summed E-state index contributed by atoms with van der Waals surface area (Å²) in [6.45, 7) is 3.97. The predicted octanol–water partition coefficient (Wildman–Crippen LogP) is 2.23. The third-order valence-electron chi connectivity index (χ3n) is 3.36. The Balaban J connectivity index is 2.03. The highest BCUT2D eigenvalue weighted by atomic mass is 16.5. The second kappa shape index (κ2) is 3.47. The second-order valence-electron chi connectivity index (χ2n) is 4.96. The van der Waals surface area contributed by atoms with Crippen molar-refractivity contribution in [1.29, 1.82) is 0 Å². The van der Waals surface area contributed by atoms with E-state index in [2.05, 4.69) is 12.0 Å². The van der Waals surface area contributed by atoms with Crippen LogP contribution in [-0.2, 0) is 6.73 Å². The van der Waals surface area contributed by atoms with Crippen LogP contribution in [0.15, 0.2) is 18.2 Å². The molecule has 1 aliphatic rings. The standard InChI is InChI=1S/C13H16N2O2/c1-9-11-7-10(17-13(2)5-6-13)3-4-12(11)15(8-16)14-9/h3-4,7,16H,5-6,8H2,1-2H3. The van der Waals surface area contributed by atoms with E-state index >= 15 is 0 Å². The maximum atomic E-state index is 9.18. The zero-order chi connectivity index (χ0) is 12.0. The number of ether oxygens (including phenoxy) is 1. The Morgan fingerprint density at radius 1 is 1.47 bits per heavy atom. The Labute approximate surface area is 99.8 Å². The van der Waals surface area contributed by atoms with E-state index in [9.17, 15) is 5.11 Å². The van der Waals surface area contributed by atoms with Gasteiger partial charge in [0.05, 0.1) is 11.2 Å². The van der Waals surface area contributed by atoms with Gasteiger partial charge in [-0.1, -0.05) is 0 Å². The molecule has 0 aliphatic heterocycles. The van der Waals surface area contributed by atoms with E-state index in [0.717, 1.165) is 35.2 Å². The molecule has 90 valence electrons. The van der Waals surface area contributed by atoms with E-state index in [4.69, 9.17) is 4.74 Å². The van der Waals surface area contributed by atoms with Crippen molar-refractivity contribution in [2.24, 2.45) is 0 Å². The molecule has 1 saturated carbocycles. The number of aliphatic hydroxyl groups is 1. The number of aromatic nitrogens is 2. The van der Waals surface area contributed by atoms with E-state index < -0.39 is 0 Å². The van der Waals surface area contributed by atoms with Crippen molar-refractivity contribution in [3.8, 4) is 5.75 Å². The molecule has 4 heteroatoms. The van der Waals surface area contributed by atoms with Crippen molar-refractivity contribution >= 4 is 10.9 Å². The van der Waals surface area contributed by atoms with Crippen LogP contribution in [-0.4, -0.2) is 20.5 Å². The van der Waals surface area contributed by atoms with Gasteiger partial charge in [-0.3, -0.25) is 0 Å². The van der Waals surface area contributed by atoms with E-state index in [0.29, 0.717) is 0 Å². The van der Waals surface area contributed by atoms with Crippen LogP contribution < -0.4 is 4.74 Å². The van der Waals surface area contributed by atoms with Crippen LogP contribution in [0.25, 0.3) is 10.9 Å². The number of aryl methyl sites for hydroxylation is 1. The summed E-state index contributed by atoms with van der Waals surface area (Å²) in [7, 11) is 0. The summed E-state index contributed by atoms with van der Waals surface area (Å²) < 4.78 is 7.51. The number of nitrogens with zero attached hydrogens (tertiary/aromatic N) is 2. The van der Waals surface area contributed by atoms with Crippen molar-refractivity contribution in [3.05, 3.63) is 23.9 Å². The molecule has 0 unspecified atom stereocenters. The van der Waals surface area contributed by atoms with Gasteiger partial charge in [-0.15, -0.1) is 0 Å². The fraction of sp³-hybridized carbons (Fsp3) is 0.462. The van der Waals surface area contributed by atoms with Gasteiger partial charge in [0.25, 0.3) is 0 Å². The summed E-state index contributed by atoms with van der Waals surface area (Å²) in [5, 5.41) is 14.5. The third-order valence-corrected chi connectivity index (χ3v) is 3.36. The number of rotatable bonds is 3. The van der Waals surface area contributed by atoms with Gasteiger partial charge in [-0.2, -0.15) is 5.10 Å². The van der Waals surface area contributed by atoms with E-state index in [1.165, 1.54) is 0 Å². The molecule has 0 spiro atoms. The molecule has 4 nitrogen and oxygen atoms in total. The topological polar surface area (TPSA) is 47.3 Å². The molecular weight excluding hydrogens is 216 g/mol. The average molecular weight is 232 g/mol. The molecular formula is C13H16N2O2. The molecule has 0 bridgehead atoms. The van der Waals surface area contributed by atoms with Crippen LogP contribution in [0, 0.1) is 6.92 Å². The monoisotopic (exact) mass is 232 g/mol. The Bertz CT molecular complexity index is 570. The molecule has 1 aromatic carbocycles. The molecule has 0 atom stereocenters. The Morgan fingerprint density at radius 2 is 2.24 bits per heavy atom. The van der Waals surface area contributed by atoms with Crippen molar-refractivity contribution in [1.82, 2.24) is 9.78 Å². The molecule has 1 fully saturated rings. The number of hydrogen-bond donors (Lipinski definition) is 1. The lowest BCUT2D eigenvalue weighted by atomic mass is 10.2. The maximum absolute atomic E-state index is 9.18. The van der Waals surface area contributed by atoms with Gasteiger partial charge < -0.3 is 9.84 Å². The highest BCUT2D eigenvalue weighted by Gasteiger charge is 2.40. The Hall–Kier alpha value is -1.55. The fourth-order valence-corrected chi connectivity index (χ4v) is 2.05. The van der Waals surface area contributed by atoms with E-state index in [-0.39, 0.29) is 12.3 Å². The first kappa shape index (κ1) is 10.6. The van der Waals surface area contributed by atoms with Crippen LogP contribution >= 0.6 is 0 Å². The first-order valence-electron chi connectivity index (χ1n) is 5.88. The van der Waals surface area contributed by atoms with E-state index in [1.54, 1.807) is 4.68 Å². The Kier molecular flexibility index (Phi) is 2.16. The summed E-state index contributed by atoms with van der Waals surface area (Å²) in [6.07, 6.45) is 2.25. The third kappa shape index (κ3) is 1.78. The van der Waals surface area contributed by atoms with Crippen LogP contribution in [0.3, 0.4) is 0 Å². The number of hydrogen-bond acceptors (Lipinski definition) is 3. The van der Waals surface area contributed by atoms with Gasteiger partial charge in [-0.05, 0) is 44.9 Å². The van der Waals surface area contributed by atoms with Crippen LogP contribution in [0.4, 0.5) is 0 Å². The fourth-order valence-electron chi connectivity index (χ4n) is 2.05. The van der Waals surface area contributed by atoms with E-state index in [1.807, 2.05) is 25.1 Å². The number of aliphatic hydroxyl groups excluding tert-OH is 1. The van der Waals surface area contributed by atoms with Gasteiger partial charge in [0, 0.05) is 5.39 Å². The van der Waals surface area contributed by atoms with Crippen LogP contribution in [0.2, 0.25) is 0 Å². The number of fused-ring (bicyclic) bond motifs is 1. The largest absolute Gasteiger partial charge is 0.488 e. The maximum Gasteiger partial charge on any atom is 0.136 e. The molecule has 2 aromatic rings. The predicted molar refractivity (Wildman–Crippen MR) is 65.0 cm³/mol. The lowest BCUT2D eigenvalue weighted by molar-refractivity contribution is 0.198. The zero-order valence-electron chi connectivity index (χ0n) is 10.1. The summed E-state index contributed by atoms with van der Waals surface area (Å²) >= 11 is 0. The quantitative estimate of drug-likeness (QED) is 0.882. The SMILES string of the molecule is Cc1nn(CO)c2ccc(OC3(C)CC3)cc12. The first-order chi connectivity index (χ1) is 8.11. The summed E-state index contributed by atoms with van der Waals surface area (Å²) in [5.41, 5.74) is 1.90. The second-order valence-corrected chi connectivity index (χ2v) is 4.96. The average Bonchev–Trinajstić information content (AvgIpc) is 2.94. The molecule has 1 aromatic heterocycles. The first-order valence-corrected chi connectivity index (χ1v) is 5.88. The smallest absolute Gasteiger partial charge is 0.136 e. The molecule has 3 rings (SSSR count). The minimum absolute atomic E-state index is 0.0363. The van der Waals surface area contributed by atoms with Gasteiger partial charge in [0.15, 0.2) is 0 Å². The highest BCUT2D eigenvalue weighted by Crippen LogP contribution is 2.40. The molecule has 1 heterocycles. The summed E-state index contributed by atoms with van der Waals surface area (Å²) in [6, 6.07) is 5.90. The zero-order valence-corrected chi connectivity index (χ0v) is 10.1. The summed E-state index contributed by atoms with van der Waals surface area (Å²) in [4.78, 5) is 0. The molecule has 0 amide bonds. The molecule has 0 radical (unpaired) electrons. The molecule has 1 N–H and O–H groups in total. The highest BCUT2D eigenvalue weighted by molar-refractivity contribution is 5.83. The lowest BCUT2D eigenvalue weighted by Crippen LogP contribution is -2.11. The molecule has 0 saturated heterocycles. The molecule has 1 aliphatic carbocycles. The van der Waals surface area contributed by atoms with Crippen molar-refractivity contribution in [3.63, 3.8) is 0 Å². The Morgan fingerprint density at radius 3 is 2.88 bits per heavy atom. The minimum atomic E-state index is -0.0950. The summed E-state index contributed by atoms with van der Waals surface area (Å²) in [5.74, 6) is 0.887. The number of benzene rings is 1.